The molecule has 5 rings (SSSR count). The van der Waals surface area contributed by atoms with Gasteiger partial charge >= 0.3 is 0 Å². The molecule has 3 fully saturated rings. The molecule has 7 atom stereocenters. The Balaban J connectivity index is 1.43. The topological polar surface area (TPSA) is 22.1 Å². The number of aryl methyl sites for hydroxylation is 1. The molecule has 0 N–H and O–H groups in total. The molecule has 3 saturated carbocycles. The van der Waals surface area contributed by atoms with Gasteiger partial charge < -0.3 is 4.74 Å². The van der Waals surface area contributed by atoms with Gasteiger partial charge in [-0.05, 0) is 116 Å². The van der Waals surface area contributed by atoms with Crippen LogP contribution < -0.4 is 0 Å². The Morgan fingerprint density at radius 1 is 1.07 bits per heavy atom. The van der Waals surface area contributed by atoms with Crippen LogP contribution in [0.3, 0.4) is 0 Å². The number of aromatic nitrogens is 1. The van der Waals surface area contributed by atoms with Crippen molar-refractivity contribution in [2.24, 2.45) is 34.5 Å². The van der Waals surface area contributed by atoms with E-state index in [4.69, 9.17) is 4.74 Å². The Labute approximate surface area is 171 Å². The van der Waals surface area contributed by atoms with Crippen LogP contribution in [0, 0.1) is 41.4 Å². The average Bonchev–Trinajstić information content (AvgIpc) is 3.05. The van der Waals surface area contributed by atoms with E-state index in [1.807, 2.05) is 13.3 Å². The van der Waals surface area contributed by atoms with Gasteiger partial charge in [-0.3, -0.25) is 4.98 Å². The quantitative estimate of drug-likeness (QED) is 0.590. The van der Waals surface area contributed by atoms with Gasteiger partial charge in [0.2, 0.25) is 0 Å². The summed E-state index contributed by atoms with van der Waals surface area (Å²) >= 11 is 0. The van der Waals surface area contributed by atoms with Crippen molar-refractivity contribution >= 4 is 5.57 Å². The summed E-state index contributed by atoms with van der Waals surface area (Å²) in [6.45, 7) is 7.48. The van der Waals surface area contributed by atoms with E-state index in [0.29, 0.717) is 16.9 Å². The first-order valence-electron chi connectivity index (χ1n) is 11.6. The first kappa shape index (κ1) is 18.9. The van der Waals surface area contributed by atoms with Crippen LogP contribution in [0.4, 0.5) is 0 Å². The minimum atomic E-state index is 0.349. The molecule has 4 aliphatic rings. The number of hydrogen-bond acceptors (Lipinski definition) is 2. The molecule has 2 heteroatoms. The van der Waals surface area contributed by atoms with Crippen molar-refractivity contribution in [3.8, 4) is 0 Å². The van der Waals surface area contributed by atoms with Crippen LogP contribution in [-0.4, -0.2) is 18.2 Å². The molecule has 0 unspecified atom stereocenters. The lowest BCUT2D eigenvalue weighted by Gasteiger charge is -2.61. The van der Waals surface area contributed by atoms with Crippen molar-refractivity contribution in [1.82, 2.24) is 4.98 Å². The number of ether oxygens (including phenoxy) is 1. The summed E-state index contributed by atoms with van der Waals surface area (Å²) in [6.07, 6.45) is 18.0. The fourth-order valence-electron chi connectivity index (χ4n) is 8.16. The first-order valence-corrected chi connectivity index (χ1v) is 11.6. The fourth-order valence-corrected chi connectivity index (χ4v) is 8.16. The summed E-state index contributed by atoms with van der Waals surface area (Å²) in [5.41, 5.74) is 5.30. The summed E-state index contributed by atoms with van der Waals surface area (Å²) in [5, 5.41) is 0. The molecule has 28 heavy (non-hydrogen) atoms. The Morgan fingerprint density at radius 2 is 1.93 bits per heavy atom. The number of methoxy groups -OCH3 is 1. The first-order chi connectivity index (χ1) is 13.5. The highest BCUT2D eigenvalue weighted by atomic mass is 16.5. The van der Waals surface area contributed by atoms with Crippen LogP contribution in [-0.2, 0) is 4.74 Å². The van der Waals surface area contributed by atoms with Gasteiger partial charge in [0.15, 0.2) is 0 Å². The molecule has 1 aromatic rings. The Bertz CT molecular complexity index is 784. The van der Waals surface area contributed by atoms with Gasteiger partial charge in [-0.1, -0.05) is 19.9 Å². The summed E-state index contributed by atoms with van der Waals surface area (Å²) < 4.78 is 5.77. The van der Waals surface area contributed by atoms with E-state index in [0.717, 1.165) is 23.7 Å². The van der Waals surface area contributed by atoms with Gasteiger partial charge in [0.25, 0.3) is 0 Å². The number of hydrogen-bond donors (Lipinski definition) is 0. The molecular formula is C26H37NO. The number of allylic oxidation sites excluding steroid dienone is 2. The predicted molar refractivity (Wildman–Crippen MR) is 115 cm³/mol. The maximum Gasteiger partial charge on any atom is 0.0574 e. The molecule has 0 aromatic carbocycles. The van der Waals surface area contributed by atoms with E-state index in [-0.39, 0.29) is 0 Å². The monoisotopic (exact) mass is 379 g/mol. The maximum absolute atomic E-state index is 5.77. The van der Waals surface area contributed by atoms with Gasteiger partial charge in [0, 0.05) is 19.5 Å². The second-order valence-corrected chi connectivity index (χ2v) is 10.8. The van der Waals surface area contributed by atoms with Crippen LogP contribution >= 0.6 is 0 Å². The zero-order chi connectivity index (χ0) is 19.5. The van der Waals surface area contributed by atoms with Crippen LogP contribution in [0.5, 0.6) is 0 Å². The SMILES string of the molecule is CO[C@H]1CC[C@@]2(C)[C@@H](CC[C@@H]3[C@@H]2CC[C@]2(C)C(c4cnccc4C)=CC[C@@H]32)C1. The molecular weight excluding hydrogens is 342 g/mol. The second kappa shape index (κ2) is 6.69. The van der Waals surface area contributed by atoms with Crippen molar-refractivity contribution in [3.63, 3.8) is 0 Å². The van der Waals surface area contributed by atoms with E-state index < -0.39 is 0 Å². The standard InChI is InChI=1S/C26H37NO/c1-17-11-14-27-16-21(17)23-8-7-22-20-6-5-18-15-19(28-4)9-12-25(18,2)24(20)10-13-26(22,23)3/h8,11,14,16,18-20,22,24H,5-7,9-10,12-13,15H2,1-4H3/t18-,19-,20-,22-,24-,25-,26-/m0/s1. The molecule has 0 saturated heterocycles. The molecule has 1 aromatic heterocycles. The molecule has 2 nitrogen and oxygen atoms in total. The smallest absolute Gasteiger partial charge is 0.0574 e. The van der Waals surface area contributed by atoms with Crippen LogP contribution in [0.25, 0.3) is 5.57 Å². The van der Waals surface area contributed by atoms with E-state index in [2.05, 4.69) is 44.1 Å². The third-order valence-corrected chi connectivity index (χ3v) is 9.86. The van der Waals surface area contributed by atoms with Gasteiger partial charge in [-0.2, -0.15) is 0 Å². The molecule has 0 aliphatic heterocycles. The lowest BCUT2D eigenvalue weighted by molar-refractivity contribution is -0.120. The number of rotatable bonds is 2. The summed E-state index contributed by atoms with van der Waals surface area (Å²) in [5.74, 6) is 3.54. The predicted octanol–water partition coefficient (Wildman–Crippen LogP) is 6.44. The minimum absolute atomic E-state index is 0.349. The van der Waals surface area contributed by atoms with Crippen molar-refractivity contribution < 1.29 is 4.74 Å². The Hall–Kier alpha value is -1.15. The van der Waals surface area contributed by atoms with Gasteiger partial charge in [0.1, 0.15) is 0 Å². The molecule has 0 amide bonds. The third-order valence-electron chi connectivity index (χ3n) is 9.86. The third kappa shape index (κ3) is 2.59. The zero-order valence-corrected chi connectivity index (χ0v) is 18.2. The van der Waals surface area contributed by atoms with E-state index >= 15 is 0 Å². The van der Waals surface area contributed by atoms with Crippen LogP contribution in [0.15, 0.2) is 24.5 Å². The van der Waals surface area contributed by atoms with E-state index in [1.165, 1.54) is 62.5 Å². The average molecular weight is 380 g/mol. The lowest BCUT2D eigenvalue weighted by Crippen LogP contribution is -2.53. The lowest BCUT2D eigenvalue weighted by atomic mass is 9.44. The maximum atomic E-state index is 5.77. The fraction of sp³-hybridized carbons (Fsp3) is 0.731. The molecule has 0 radical (unpaired) electrons. The highest BCUT2D eigenvalue weighted by molar-refractivity contribution is 5.74. The zero-order valence-electron chi connectivity index (χ0n) is 18.2. The minimum Gasteiger partial charge on any atom is -0.381 e. The van der Waals surface area contributed by atoms with Gasteiger partial charge in [-0.15, -0.1) is 0 Å². The second-order valence-electron chi connectivity index (χ2n) is 10.8. The highest BCUT2D eigenvalue weighted by Gasteiger charge is 2.58. The summed E-state index contributed by atoms with van der Waals surface area (Å²) in [7, 11) is 1.91. The van der Waals surface area contributed by atoms with E-state index in [1.54, 1.807) is 5.57 Å². The Morgan fingerprint density at radius 3 is 2.71 bits per heavy atom. The molecule has 4 aliphatic carbocycles. The van der Waals surface area contributed by atoms with Crippen molar-refractivity contribution in [1.29, 1.82) is 0 Å². The van der Waals surface area contributed by atoms with E-state index in [9.17, 15) is 0 Å². The molecule has 0 bridgehead atoms. The number of pyridine rings is 1. The molecule has 1 heterocycles. The van der Waals surface area contributed by atoms with Crippen LogP contribution in [0.2, 0.25) is 0 Å². The van der Waals surface area contributed by atoms with Crippen LogP contribution in [0.1, 0.15) is 76.3 Å². The normalized spacial score (nSPS) is 45.0. The number of nitrogens with zero attached hydrogens (tertiary/aromatic N) is 1. The molecule has 0 spiro atoms. The summed E-state index contributed by atoms with van der Waals surface area (Å²) in [4.78, 5) is 4.47. The summed E-state index contributed by atoms with van der Waals surface area (Å²) in [6, 6.07) is 2.18. The molecule has 152 valence electrons. The van der Waals surface area contributed by atoms with Gasteiger partial charge in [-0.25, -0.2) is 0 Å². The Kier molecular flexibility index (Phi) is 4.50. The van der Waals surface area contributed by atoms with Gasteiger partial charge in [0.05, 0.1) is 6.10 Å². The van der Waals surface area contributed by atoms with Crippen molar-refractivity contribution in [2.75, 3.05) is 7.11 Å². The largest absolute Gasteiger partial charge is 0.381 e. The number of fused-ring (bicyclic) bond motifs is 5. The van der Waals surface area contributed by atoms with Crippen molar-refractivity contribution in [3.05, 3.63) is 35.7 Å². The van der Waals surface area contributed by atoms with Crippen molar-refractivity contribution in [2.45, 2.75) is 78.2 Å². The highest BCUT2D eigenvalue weighted by Crippen LogP contribution is 2.67.